The molecular formula is C18H26O3. The van der Waals surface area contributed by atoms with Gasteiger partial charge in [-0.25, -0.2) is 4.79 Å². The first-order valence-corrected chi connectivity index (χ1v) is 7.86. The Morgan fingerprint density at radius 1 is 1.19 bits per heavy atom. The molecule has 0 aromatic heterocycles. The van der Waals surface area contributed by atoms with E-state index in [0.717, 1.165) is 18.6 Å². The minimum Gasteiger partial charge on any atom is -0.497 e. The molecule has 0 amide bonds. The van der Waals surface area contributed by atoms with E-state index in [4.69, 9.17) is 9.47 Å². The van der Waals surface area contributed by atoms with Crippen molar-refractivity contribution in [3.63, 3.8) is 0 Å². The van der Waals surface area contributed by atoms with Crippen molar-refractivity contribution in [3.05, 3.63) is 29.8 Å². The summed E-state index contributed by atoms with van der Waals surface area (Å²) in [5, 5.41) is 0. The number of benzene rings is 1. The Kier molecular flexibility index (Phi) is 5.27. The second kappa shape index (κ2) is 6.97. The predicted molar refractivity (Wildman–Crippen MR) is 83.5 cm³/mol. The molecule has 1 fully saturated rings. The van der Waals surface area contributed by atoms with Gasteiger partial charge in [0.2, 0.25) is 0 Å². The first kappa shape index (κ1) is 15.9. The minimum atomic E-state index is -0.220. The fraction of sp³-hybridized carbons (Fsp3) is 0.611. The van der Waals surface area contributed by atoms with Crippen molar-refractivity contribution in [2.24, 2.45) is 17.8 Å². The van der Waals surface area contributed by atoms with E-state index in [1.165, 1.54) is 6.42 Å². The fourth-order valence-electron chi connectivity index (χ4n) is 3.18. The summed E-state index contributed by atoms with van der Waals surface area (Å²) in [4.78, 5) is 12.3. The minimum absolute atomic E-state index is 0.0448. The average Bonchev–Trinajstić information content (AvgIpc) is 2.47. The maximum atomic E-state index is 12.3. The van der Waals surface area contributed by atoms with Crippen LogP contribution in [-0.2, 0) is 4.74 Å². The molecule has 1 aromatic carbocycles. The van der Waals surface area contributed by atoms with Gasteiger partial charge in [-0.1, -0.05) is 27.2 Å². The maximum absolute atomic E-state index is 12.3. The van der Waals surface area contributed by atoms with Crippen LogP contribution in [-0.4, -0.2) is 19.2 Å². The number of methoxy groups -OCH3 is 1. The molecule has 1 aromatic rings. The third-order valence-electron chi connectivity index (χ3n) is 4.55. The summed E-state index contributed by atoms with van der Waals surface area (Å²) in [5.41, 5.74) is 0.594. The van der Waals surface area contributed by atoms with Crippen molar-refractivity contribution in [1.82, 2.24) is 0 Å². The Labute approximate surface area is 127 Å². The van der Waals surface area contributed by atoms with Gasteiger partial charge < -0.3 is 9.47 Å². The molecule has 0 aliphatic heterocycles. The molecule has 116 valence electrons. The number of ether oxygens (including phenoxy) is 2. The zero-order valence-electron chi connectivity index (χ0n) is 13.5. The summed E-state index contributed by atoms with van der Waals surface area (Å²) in [6.45, 7) is 6.68. The van der Waals surface area contributed by atoms with Crippen molar-refractivity contribution in [3.8, 4) is 5.75 Å². The third-order valence-corrected chi connectivity index (χ3v) is 4.55. The predicted octanol–water partition coefficient (Wildman–Crippen LogP) is 4.31. The molecule has 0 unspecified atom stereocenters. The lowest BCUT2D eigenvalue weighted by molar-refractivity contribution is -0.0174. The van der Waals surface area contributed by atoms with Crippen LogP contribution in [0.15, 0.2) is 24.3 Å². The highest BCUT2D eigenvalue weighted by molar-refractivity contribution is 5.89. The van der Waals surface area contributed by atoms with Crippen LogP contribution in [0.25, 0.3) is 0 Å². The molecule has 0 heterocycles. The summed E-state index contributed by atoms with van der Waals surface area (Å²) in [7, 11) is 1.62. The third kappa shape index (κ3) is 3.99. The lowest BCUT2D eigenvalue weighted by Gasteiger charge is -2.36. The Morgan fingerprint density at radius 3 is 2.43 bits per heavy atom. The van der Waals surface area contributed by atoms with Crippen LogP contribution >= 0.6 is 0 Å². The molecule has 1 aliphatic carbocycles. The summed E-state index contributed by atoms with van der Waals surface area (Å²) < 4.78 is 10.9. The molecule has 0 saturated heterocycles. The van der Waals surface area contributed by atoms with Crippen LogP contribution in [0.2, 0.25) is 0 Å². The summed E-state index contributed by atoms with van der Waals surface area (Å²) in [5.74, 6) is 2.18. The Hall–Kier alpha value is -1.51. The van der Waals surface area contributed by atoms with E-state index in [-0.39, 0.29) is 12.1 Å². The zero-order chi connectivity index (χ0) is 15.4. The van der Waals surface area contributed by atoms with E-state index in [1.54, 1.807) is 31.4 Å². The molecule has 0 spiro atoms. The molecule has 2 rings (SSSR count). The number of carbonyl (C=O) groups is 1. The fourth-order valence-corrected chi connectivity index (χ4v) is 3.18. The molecular weight excluding hydrogens is 264 g/mol. The van der Waals surface area contributed by atoms with Gasteiger partial charge in [-0.3, -0.25) is 0 Å². The van der Waals surface area contributed by atoms with E-state index in [9.17, 15) is 4.79 Å². The highest BCUT2D eigenvalue weighted by Crippen LogP contribution is 2.35. The van der Waals surface area contributed by atoms with Gasteiger partial charge in [-0.2, -0.15) is 0 Å². The van der Waals surface area contributed by atoms with E-state index < -0.39 is 0 Å². The van der Waals surface area contributed by atoms with Gasteiger partial charge in [0.1, 0.15) is 11.9 Å². The molecule has 3 nitrogen and oxygen atoms in total. The molecule has 1 saturated carbocycles. The molecule has 0 bridgehead atoms. The van der Waals surface area contributed by atoms with Gasteiger partial charge in [0, 0.05) is 0 Å². The smallest absolute Gasteiger partial charge is 0.338 e. The first-order valence-electron chi connectivity index (χ1n) is 7.86. The summed E-state index contributed by atoms with van der Waals surface area (Å²) in [6.07, 6.45) is 3.41. The van der Waals surface area contributed by atoms with Gasteiger partial charge >= 0.3 is 5.97 Å². The van der Waals surface area contributed by atoms with Crippen molar-refractivity contribution >= 4 is 5.97 Å². The molecule has 3 atom stereocenters. The second-order valence-electron chi connectivity index (χ2n) is 6.50. The van der Waals surface area contributed by atoms with Gasteiger partial charge in [-0.05, 0) is 54.9 Å². The highest BCUT2D eigenvalue weighted by atomic mass is 16.5. The van der Waals surface area contributed by atoms with E-state index in [1.807, 2.05) is 0 Å². The van der Waals surface area contributed by atoms with Gasteiger partial charge in [-0.15, -0.1) is 0 Å². The van der Waals surface area contributed by atoms with Crippen LogP contribution in [0, 0.1) is 17.8 Å². The molecule has 3 heteroatoms. The van der Waals surface area contributed by atoms with Crippen molar-refractivity contribution in [2.75, 3.05) is 7.11 Å². The van der Waals surface area contributed by atoms with Crippen molar-refractivity contribution < 1.29 is 14.3 Å². The van der Waals surface area contributed by atoms with Gasteiger partial charge in [0.15, 0.2) is 0 Å². The Balaban J connectivity index is 2.04. The number of hydrogen-bond acceptors (Lipinski definition) is 3. The Bertz CT molecular complexity index is 464. The molecule has 1 aliphatic rings. The number of hydrogen-bond donors (Lipinski definition) is 0. The van der Waals surface area contributed by atoms with Crippen molar-refractivity contribution in [2.45, 2.75) is 46.1 Å². The van der Waals surface area contributed by atoms with Crippen LogP contribution in [0.1, 0.15) is 50.4 Å². The topological polar surface area (TPSA) is 35.5 Å². The van der Waals surface area contributed by atoms with Crippen LogP contribution in [0.3, 0.4) is 0 Å². The lowest BCUT2D eigenvalue weighted by atomic mass is 9.75. The SMILES string of the molecule is COc1ccc(C(=O)O[C@H]2C[C@@H](C)CC[C@@H]2C(C)C)cc1. The van der Waals surface area contributed by atoms with Crippen molar-refractivity contribution in [1.29, 1.82) is 0 Å². The number of rotatable bonds is 4. The molecule has 0 radical (unpaired) electrons. The average molecular weight is 290 g/mol. The van der Waals surface area contributed by atoms with Crippen LogP contribution < -0.4 is 4.74 Å². The lowest BCUT2D eigenvalue weighted by Crippen LogP contribution is -2.35. The summed E-state index contributed by atoms with van der Waals surface area (Å²) in [6, 6.07) is 7.11. The molecule has 21 heavy (non-hydrogen) atoms. The van der Waals surface area contributed by atoms with Gasteiger partial charge in [0.25, 0.3) is 0 Å². The van der Waals surface area contributed by atoms with Crippen LogP contribution in [0.5, 0.6) is 5.75 Å². The Morgan fingerprint density at radius 2 is 1.86 bits per heavy atom. The zero-order valence-corrected chi connectivity index (χ0v) is 13.5. The largest absolute Gasteiger partial charge is 0.497 e. The normalized spacial score (nSPS) is 25.7. The highest BCUT2D eigenvalue weighted by Gasteiger charge is 2.33. The van der Waals surface area contributed by atoms with E-state index in [0.29, 0.717) is 23.3 Å². The van der Waals surface area contributed by atoms with Crippen LogP contribution in [0.4, 0.5) is 0 Å². The maximum Gasteiger partial charge on any atom is 0.338 e. The standard InChI is InChI=1S/C18H26O3/c1-12(2)16-10-5-13(3)11-17(16)21-18(19)14-6-8-15(20-4)9-7-14/h6-9,12-13,16-17H,5,10-11H2,1-4H3/t13-,16+,17-/m0/s1. The first-order chi connectivity index (χ1) is 10.0. The van der Waals surface area contributed by atoms with E-state index >= 15 is 0 Å². The number of carbonyl (C=O) groups excluding carboxylic acids is 1. The van der Waals surface area contributed by atoms with Gasteiger partial charge in [0.05, 0.1) is 12.7 Å². The monoisotopic (exact) mass is 290 g/mol. The second-order valence-corrected chi connectivity index (χ2v) is 6.50. The molecule has 0 N–H and O–H groups in total. The quantitative estimate of drug-likeness (QED) is 0.775. The summed E-state index contributed by atoms with van der Waals surface area (Å²) >= 11 is 0. The number of esters is 1. The van der Waals surface area contributed by atoms with E-state index in [2.05, 4.69) is 20.8 Å².